The third kappa shape index (κ3) is 1.76. The van der Waals surface area contributed by atoms with E-state index in [4.69, 9.17) is 10.2 Å². The van der Waals surface area contributed by atoms with Crippen molar-refractivity contribution >= 4 is 0 Å². The first kappa shape index (κ1) is 9.05. The molecule has 0 unspecified atom stereocenters. The zero-order valence-corrected chi connectivity index (χ0v) is 6.52. The molecule has 2 aromatic rings. The Kier molecular flexibility index (Phi) is 2.49. The summed E-state index contributed by atoms with van der Waals surface area (Å²) in [6.07, 6.45) is 3.75. The standard InChI is InChI=1S/C4H5N.C4H2O4/c1-2-4-5-3-1;5-1-2(6)4(8)3(1)7/h1-5H;5-6H. The molecule has 68 valence electrons. The fourth-order valence-corrected chi connectivity index (χ4v) is 0.645. The molecule has 1 aromatic carbocycles. The summed E-state index contributed by atoms with van der Waals surface area (Å²) in [5.41, 5.74) is -2.02. The van der Waals surface area contributed by atoms with Gasteiger partial charge in [0.1, 0.15) is 0 Å². The quantitative estimate of drug-likeness (QED) is 0.487. The molecule has 5 heteroatoms. The Morgan fingerprint density at radius 1 is 0.923 bits per heavy atom. The van der Waals surface area contributed by atoms with Crippen molar-refractivity contribution in [3.05, 3.63) is 45.0 Å². The minimum absolute atomic E-state index is 0.824. The molecule has 0 saturated heterocycles. The summed E-state index contributed by atoms with van der Waals surface area (Å²) in [4.78, 5) is 22.8. The van der Waals surface area contributed by atoms with E-state index in [9.17, 15) is 9.59 Å². The molecule has 3 N–H and O–H groups in total. The van der Waals surface area contributed by atoms with E-state index in [2.05, 4.69) is 4.98 Å². The van der Waals surface area contributed by atoms with Gasteiger partial charge in [-0.25, -0.2) is 0 Å². The lowest BCUT2D eigenvalue weighted by Crippen LogP contribution is -2.28. The van der Waals surface area contributed by atoms with Crippen LogP contribution in [-0.2, 0) is 0 Å². The number of aromatic nitrogens is 1. The van der Waals surface area contributed by atoms with Crippen molar-refractivity contribution in [2.75, 3.05) is 0 Å². The lowest BCUT2D eigenvalue weighted by atomic mass is 10.2. The number of aromatic amines is 1. The van der Waals surface area contributed by atoms with Gasteiger partial charge in [0.05, 0.1) is 0 Å². The van der Waals surface area contributed by atoms with E-state index in [0.29, 0.717) is 0 Å². The van der Waals surface area contributed by atoms with Gasteiger partial charge in [0, 0.05) is 12.4 Å². The van der Waals surface area contributed by atoms with Crippen LogP contribution in [0.3, 0.4) is 0 Å². The van der Waals surface area contributed by atoms with Crippen molar-refractivity contribution in [3.8, 4) is 11.5 Å². The van der Waals surface area contributed by atoms with Gasteiger partial charge >= 0.3 is 0 Å². The monoisotopic (exact) mass is 181 g/mol. The maximum atomic E-state index is 9.95. The Bertz CT molecular complexity index is 390. The van der Waals surface area contributed by atoms with Crippen LogP contribution in [0.25, 0.3) is 0 Å². The van der Waals surface area contributed by atoms with Gasteiger partial charge < -0.3 is 15.2 Å². The predicted octanol–water partition coefficient (Wildman–Crippen LogP) is -0.292. The van der Waals surface area contributed by atoms with Crippen LogP contribution in [0.4, 0.5) is 0 Å². The van der Waals surface area contributed by atoms with Crippen LogP contribution >= 0.6 is 0 Å². The van der Waals surface area contributed by atoms with E-state index in [1.165, 1.54) is 0 Å². The predicted molar refractivity (Wildman–Crippen MR) is 45.5 cm³/mol. The van der Waals surface area contributed by atoms with Crippen molar-refractivity contribution in [2.45, 2.75) is 0 Å². The molecule has 0 spiro atoms. The highest BCUT2D eigenvalue weighted by Crippen LogP contribution is 2.13. The second kappa shape index (κ2) is 3.57. The third-order valence-corrected chi connectivity index (χ3v) is 1.36. The lowest BCUT2D eigenvalue weighted by molar-refractivity contribution is 0.384. The topological polar surface area (TPSA) is 90.4 Å². The van der Waals surface area contributed by atoms with Gasteiger partial charge in [0.15, 0.2) is 0 Å². The van der Waals surface area contributed by atoms with Crippen LogP contribution in [0, 0.1) is 0 Å². The highest BCUT2D eigenvalue weighted by Gasteiger charge is 2.17. The molecule has 5 nitrogen and oxygen atoms in total. The Morgan fingerprint density at radius 3 is 1.46 bits per heavy atom. The van der Waals surface area contributed by atoms with Crippen LogP contribution in [0.5, 0.6) is 11.5 Å². The van der Waals surface area contributed by atoms with Crippen LogP contribution in [0.2, 0.25) is 0 Å². The molecule has 0 saturated carbocycles. The zero-order valence-electron chi connectivity index (χ0n) is 6.52. The van der Waals surface area contributed by atoms with Crippen molar-refractivity contribution < 1.29 is 10.2 Å². The summed E-state index contributed by atoms with van der Waals surface area (Å²) >= 11 is 0. The number of hydrogen-bond donors (Lipinski definition) is 3. The molecular formula is C8H7NO4. The lowest BCUT2D eigenvalue weighted by Gasteiger charge is -1.92. The summed E-state index contributed by atoms with van der Waals surface area (Å²) in [7, 11) is 0. The maximum Gasteiger partial charge on any atom is 0.275 e. The van der Waals surface area contributed by atoms with Gasteiger partial charge in [-0.05, 0) is 12.1 Å². The molecule has 1 heterocycles. The Hall–Kier alpha value is -2.04. The van der Waals surface area contributed by atoms with Gasteiger partial charge in [-0.15, -0.1) is 0 Å². The molecule has 13 heavy (non-hydrogen) atoms. The molecule has 0 aliphatic carbocycles. The Morgan fingerprint density at radius 2 is 1.31 bits per heavy atom. The molecule has 1 aromatic heterocycles. The first-order valence-corrected chi connectivity index (χ1v) is 3.43. The Labute approximate surface area is 72.6 Å². The van der Waals surface area contributed by atoms with Gasteiger partial charge in [0.2, 0.25) is 11.5 Å². The maximum absolute atomic E-state index is 9.95. The van der Waals surface area contributed by atoms with Gasteiger partial charge in [0.25, 0.3) is 10.9 Å². The second-order valence-corrected chi connectivity index (χ2v) is 2.24. The minimum atomic E-state index is -1.01. The summed E-state index contributed by atoms with van der Waals surface area (Å²) in [6.45, 7) is 0. The minimum Gasteiger partial charge on any atom is -0.501 e. The van der Waals surface area contributed by atoms with Crippen LogP contribution in [0.1, 0.15) is 0 Å². The fourth-order valence-electron chi connectivity index (χ4n) is 0.645. The zero-order chi connectivity index (χ0) is 9.84. The summed E-state index contributed by atoms with van der Waals surface area (Å²) in [5.74, 6) is -1.65. The highest BCUT2D eigenvalue weighted by molar-refractivity contribution is 5.42. The molecule has 0 aliphatic heterocycles. The second-order valence-electron chi connectivity index (χ2n) is 2.24. The molecule has 2 rings (SSSR count). The van der Waals surface area contributed by atoms with Crippen molar-refractivity contribution in [1.29, 1.82) is 0 Å². The van der Waals surface area contributed by atoms with E-state index >= 15 is 0 Å². The van der Waals surface area contributed by atoms with E-state index < -0.39 is 22.4 Å². The van der Waals surface area contributed by atoms with Crippen molar-refractivity contribution in [2.24, 2.45) is 0 Å². The SMILES string of the molecule is O=c1c(O)c(O)c1=O.c1cc[nH]c1. The van der Waals surface area contributed by atoms with E-state index in [1.807, 2.05) is 24.5 Å². The smallest absolute Gasteiger partial charge is 0.275 e. The average molecular weight is 181 g/mol. The number of rotatable bonds is 0. The van der Waals surface area contributed by atoms with E-state index in [0.717, 1.165) is 0 Å². The normalized spacial score (nSPS) is 9.23. The molecule has 0 radical (unpaired) electrons. The number of nitrogens with one attached hydrogen (secondary N) is 1. The first-order chi connectivity index (χ1) is 6.14. The molecule has 0 aliphatic rings. The summed E-state index contributed by atoms with van der Waals surface area (Å²) in [6, 6.07) is 3.89. The molecular weight excluding hydrogens is 174 g/mol. The van der Waals surface area contributed by atoms with Gasteiger partial charge in [-0.2, -0.15) is 0 Å². The van der Waals surface area contributed by atoms with E-state index in [1.54, 1.807) is 0 Å². The van der Waals surface area contributed by atoms with E-state index in [-0.39, 0.29) is 0 Å². The molecule has 0 amide bonds. The Balaban J connectivity index is 0.000000145. The van der Waals surface area contributed by atoms with Crippen LogP contribution in [0.15, 0.2) is 34.1 Å². The number of H-pyrrole nitrogens is 1. The van der Waals surface area contributed by atoms with Gasteiger partial charge in [-0.1, -0.05) is 0 Å². The summed E-state index contributed by atoms with van der Waals surface area (Å²) in [5, 5.41) is 16.4. The number of hydrogen-bond acceptors (Lipinski definition) is 4. The first-order valence-electron chi connectivity index (χ1n) is 3.43. The van der Waals surface area contributed by atoms with Crippen LogP contribution < -0.4 is 10.9 Å². The van der Waals surface area contributed by atoms with Gasteiger partial charge in [-0.3, -0.25) is 9.59 Å². The van der Waals surface area contributed by atoms with Crippen molar-refractivity contribution in [1.82, 2.24) is 4.98 Å². The number of aromatic hydroxyl groups is 2. The third-order valence-electron chi connectivity index (χ3n) is 1.36. The molecule has 0 atom stereocenters. The van der Waals surface area contributed by atoms with Crippen molar-refractivity contribution in [3.63, 3.8) is 0 Å². The summed E-state index contributed by atoms with van der Waals surface area (Å²) < 4.78 is 0. The highest BCUT2D eigenvalue weighted by atomic mass is 16.3. The molecule has 0 bridgehead atoms. The largest absolute Gasteiger partial charge is 0.501 e. The average Bonchev–Trinajstić information content (AvgIpc) is 2.72. The molecule has 0 fully saturated rings. The van der Waals surface area contributed by atoms with Crippen LogP contribution in [-0.4, -0.2) is 15.2 Å². The fraction of sp³-hybridized carbons (Fsp3) is 0.